The van der Waals surface area contributed by atoms with Gasteiger partial charge in [0.1, 0.15) is 0 Å². The molecule has 5 nitrogen and oxygen atoms in total. The Morgan fingerprint density at radius 3 is 3.00 bits per heavy atom. The minimum Gasteiger partial charge on any atom is -0.378 e. The maximum atomic E-state index is 12.1. The van der Waals surface area contributed by atoms with E-state index in [0.717, 1.165) is 45.8 Å². The van der Waals surface area contributed by atoms with Gasteiger partial charge in [0.05, 0.1) is 13.2 Å². The molecule has 0 aliphatic carbocycles. The summed E-state index contributed by atoms with van der Waals surface area (Å²) >= 11 is 0. The van der Waals surface area contributed by atoms with Gasteiger partial charge in [-0.05, 0) is 20.0 Å². The van der Waals surface area contributed by atoms with E-state index in [1.807, 2.05) is 4.90 Å². The molecule has 2 aliphatic heterocycles. The van der Waals surface area contributed by atoms with Crippen molar-refractivity contribution >= 4 is 5.91 Å². The van der Waals surface area contributed by atoms with Gasteiger partial charge in [0.25, 0.3) is 0 Å². The van der Waals surface area contributed by atoms with Crippen molar-refractivity contribution in [3.63, 3.8) is 0 Å². The van der Waals surface area contributed by atoms with Gasteiger partial charge in [-0.25, -0.2) is 0 Å². The molecule has 1 atom stereocenters. The van der Waals surface area contributed by atoms with E-state index in [1.54, 1.807) is 0 Å². The van der Waals surface area contributed by atoms with Crippen LogP contribution in [0.15, 0.2) is 0 Å². The maximum Gasteiger partial charge on any atom is 0.224 e. The topological polar surface area (TPSA) is 44.8 Å². The van der Waals surface area contributed by atoms with Crippen LogP contribution in [0, 0.1) is 0 Å². The molecule has 1 amide bonds. The number of morpholine rings is 1. The highest BCUT2D eigenvalue weighted by Gasteiger charge is 2.22. The van der Waals surface area contributed by atoms with Crippen molar-refractivity contribution in [3.05, 3.63) is 0 Å². The first-order valence-corrected chi connectivity index (χ1v) is 6.53. The number of amides is 1. The summed E-state index contributed by atoms with van der Waals surface area (Å²) in [6.07, 6.45) is 1.65. The summed E-state index contributed by atoms with van der Waals surface area (Å²) in [4.78, 5) is 16.4. The van der Waals surface area contributed by atoms with Gasteiger partial charge in [0.15, 0.2) is 0 Å². The Kier molecular flexibility index (Phi) is 4.76. The summed E-state index contributed by atoms with van der Waals surface area (Å²) in [6.45, 7) is 6.13. The molecule has 0 radical (unpaired) electrons. The molecule has 2 aliphatic rings. The third kappa shape index (κ3) is 3.94. The normalized spacial score (nSPS) is 27.8. The van der Waals surface area contributed by atoms with Crippen molar-refractivity contribution in [2.45, 2.75) is 18.9 Å². The van der Waals surface area contributed by atoms with Crippen LogP contribution < -0.4 is 5.32 Å². The number of ether oxygens (including phenoxy) is 1. The highest BCUT2D eigenvalue weighted by atomic mass is 16.5. The SMILES string of the molecule is CN1CCCN(C(=O)CC2COCCN2)CC1. The number of nitrogens with zero attached hydrogens (tertiary/aromatic N) is 2. The molecule has 2 fully saturated rings. The van der Waals surface area contributed by atoms with E-state index < -0.39 is 0 Å². The molecule has 2 heterocycles. The van der Waals surface area contributed by atoms with Crippen molar-refractivity contribution in [1.29, 1.82) is 0 Å². The van der Waals surface area contributed by atoms with Crippen LogP contribution in [0.5, 0.6) is 0 Å². The van der Waals surface area contributed by atoms with Crippen LogP contribution in [0.3, 0.4) is 0 Å². The van der Waals surface area contributed by atoms with E-state index in [9.17, 15) is 4.79 Å². The van der Waals surface area contributed by atoms with Crippen molar-refractivity contribution < 1.29 is 9.53 Å². The molecule has 0 saturated carbocycles. The summed E-state index contributed by atoms with van der Waals surface area (Å²) in [5.74, 6) is 0.267. The van der Waals surface area contributed by atoms with E-state index in [0.29, 0.717) is 13.0 Å². The standard InChI is InChI=1S/C12H23N3O2/c1-14-4-2-5-15(7-6-14)12(16)9-11-10-17-8-3-13-11/h11,13H,2-10H2,1H3. The Morgan fingerprint density at radius 2 is 2.24 bits per heavy atom. The van der Waals surface area contributed by atoms with Crippen LogP contribution in [0.2, 0.25) is 0 Å². The van der Waals surface area contributed by atoms with Gasteiger partial charge < -0.3 is 19.9 Å². The fourth-order valence-electron chi connectivity index (χ4n) is 2.39. The van der Waals surface area contributed by atoms with Crippen LogP contribution in [-0.4, -0.2) is 74.7 Å². The molecule has 2 saturated heterocycles. The number of rotatable bonds is 2. The minimum absolute atomic E-state index is 0.206. The van der Waals surface area contributed by atoms with Crippen molar-refractivity contribution in [3.8, 4) is 0 Å². The number of likely N-dealkylation sites (N-methyl/N-ethyl adjacent to an activating group) is 1. The van der Waals surface area contributed by atoms with E-state index >= 15 is 0 Å². The summed E-state index contributed by atoms with van der Waals surface area (Å²) in [7, 11) is 2.12. The molecule has 0 aromatic carbocycles. The number of nitrogens with one attached hydrogen (secondary N) is 1. The second-order valence-corrected chi connectivity index (χ2v) is 4.97. The lowest BCUT2D eigenvalue weighted by Gasteiger charge is -2.27. The molecule has 0 bridgehead atoms. The Hall–Kier alpha value is -0.650. The predicted molar refractivity (Wildman–Crippen MR) is 65.9 cm³/mol. The molecule has 1 unspecified atom stereocenters. The van der Waals surface area contributed by atoms with Crippen molar-refractivity contribution in [2.75, 3.05) is 53.0 Å². The lowest BCUT2D eigenvalue weighted by Crippen LogP contribution is -2.45. The van der Waals surface area contributed by atoms with E-state index in [4.69, 9.17) is 4.74 Å². The molecular formula is C12H23N3O2. The van der Waals surface area contributed by atoms with Gasteiger partial charge in [-0.15, -0.1) is 0 Å². The summed E-state index contributed by atoms with van der Waals surface area (Å²) < 4.78 is 5.37. The predicted octanol–water partition coefficient (Wildman–Crippen LogP) is -0.471. The van der Waals surface area contributed by atoms with Crippen LogP contribution in [0.4, 0.5) is 0 Å². The molecule has 0 spiro atoms. The molecule has 0 aromatic rings. The van der Waals surface area contributed by atoms with Gasteiger partial charge in [0.2, 0.25) is 5.91 Å². The smallest absolute Gasteiger partial charge is 0.224 e. The largest absolute Gasteiger partial charge is 0.378 e. The maximum absolute atomic E-state index is 12.1. The van der Waals surface area contributed by atoms with Gasteiger partial charge >= 0.3 is 0 Å². The van der Waals surface area contributed by atoms with Crippen LogP contribution in [0.25, 0.3) is 0 Å². The lowest BCUT2D eigenvalue weighted by molar-refractivity contribution is -0.132. The van der Waals surface area contributed by atoms with E-state index in [1.165, 1.54) is 0 Å². The Bertz CT molecular complexity index is 254. The number of carbonyl (C=O) groups is 1. The zero-order valence-electron chi connectivity index (χ0n) is 10.7. The molecule has 1 N–H and O–H groups in total. The van der Waals surface area contributed by atoms with Crippen LogP contribution in [-0.2, 0) is 9.53 Å². The summed E-state index contributed by atoms with van der Waals surface area (Å²) in [6, 6.07) is 0.206. The van der Waals surface area contributed by atoms with Gasteiger partial charge in [-0.3, -0.25) is 4.79 Å². The Morgan fingerprint density at radius 1 is 1.35 bits per heavy atom. The van der Waals surface area contributed by atoms with Crippen molar-refractivity contribution in [2.24, 2.45) is 0 Å². The van der Waals surface area contributed by atoms with Gasteiger partial charge in [-0.2, -0.15) is 0 Å². The first-order valence-electron chi connectivity index (χ1n) is 6.53. The number of hydrogen-bond donors (Lipinski definition) is 1. The Balaban J connectivity index is 1.77. The van der Waals surface area contributed by atoms with E-state index in [2.05, 4.69) is 17.3 Å². The second-order valence-electron chi connectivity index (χ2n) is 4.97. The van der Waals surface area contributed by atoms with Gasteiger partial charge in [0, 0.05) is 38.6 Å². The fourth-order valence-corrected chi connectivity index (χ4v) is 2.39. The number of hydrogen-bond acceptors (Lipinski definition) is 4. The Labute approximate surface area is 103 Å². The summed E-state index contributed by atoms with van der Waals surface area (Å²) in [5.41, 5.74) is 0. The quantitative estimate of drug-likeness (QED) is 0.710. The lowest BCUT2D eigenvalue weighted by atomic mass is 10.1. The zero-order chi connectivity index (χ0) is 12.1. The summed E-state index contributed by atoms with van der Waals surface area (Å²) in [5, 5.41) is 3.33. The second kappa shape index (κ2) is 6.33. The molecule has 0 aromatic heterocycles. The fraction of sp³-hybridized carbons (Fsp3) is 0.917. The average molecular weight is 241 g/mol. The van der Waals surface area contributed by atoms with E-state index in [-0.39, 0.29) is 11.9 Å². The average Bonchev–Trinajstić information content (AvgIpc) is 2.55. The molecular weight excluding hydrogens is 218 g/mol. The highest BCUT2D eigenvalue weighted by Crippen LogP contribution is 2.06. The van der Waals surface area contributed by atoms with Crippen LogP contribution in [0.1, 0.15) is 12.8 Å². The molecule has 5 heteroatoms. The monoisotopic (exact) mass is 241 g/mol. The number of carbonyl (C=O) groups excluding carboxylic acids is 1. The van der Waals surface area contributed by atoms with Crippen LogP contribution >= 0.6 is 0 Å². The third-order valence-electron chi connectivity index (χ3n) is 3.49. The molecule has 98 valence electrons. The zero-order valence-corrected chi connectivity index (χ0v) is 10.7. The molecule has 17 heavy (non-hydrogen) atoms. The highest BCUT2D eigenvalue weighted by molar-refractivity contribution is 5.76. The first-order chi connectivity index (χ1) is 8.25. The first kappa shape index (κ1) is 12.8. The third-order valence-corrected chi connectivity index (χ3v) is 3.49. The van der Waals surface area contributed by atoms with Crippen molar-refractivity contribution in [1.82, 2.24) is 15.1 Å². The minimum atomic E-state index is 0.206. The molecule has 2 rings (SSSR count). The van der Waals surface area contributed by atoms with Gasteiger partial charge in [-0.1, -0.05) is 0 Å².